The molecule has 2 aromatic rings. The summed E-state index contributed by atoms with van der Waals surface area (Å²) in [7, 11) is 1.68. The highest BCUT2D eigenvalue weighted by Gasteiger charge is 2.31. The number of methoxy groups -OCH3 is 1. The molecule has 1 saturated carbocycles. The van der Waals surface area contributed by atoms with E-state index in [2.05, 4.69) is 12.2 Å². The van der Waals surface area contributed by atoms with Crippen molar-refractivity contribution in [3.8, 4) is 5.75 Å². The highest BCUT2D eigenvalue weighted by Crippen LogP contribution is 2.39. The second-order valence-electron chi connectivity index (χ2n) is 5.42. The molecule has 112 valence electrons. The van der Waals surface area contributed by atoms with Crippen LogP contribution in [0.4, 0.5) is 0 Å². The predicted octanol–water partition coefficient (Wildman–Crippen LogP) is 4.26. The monoisotopic (exact) mass is 322 g/mol. The van der Waals surface area contributed by atoms with E-state index in [0.717, 1.165) is 27.0 Å². The van der Waals surface area contributed by atoms with Crippen molar-refractivity contribution < 1.29 is 4.74 Å². The summed E-state index contributed by atoms with van der Waals surface area (Å²) < 4.78 is 5.52. The molecular formula is C16H19ClN2OS. The minimum absolute atomic E-state index is 0.00134. The number of ether oxygens (including phenoxy) is 1. The number of hydrogen-bond donors (Lipinski definition) is 1. The average Bonchev–Trinajstić information content (AvgIpc) is 3.22. The van der Waals surface area contributed by atoms with Gasteiger partial charge in [0.2, 0.25) is 0 Å². The number of aromatic nitrogens is 1. The van der Waals surface area contributed by atoms with Crippen LogP contribution in [0.2, 0.25) is 5.02 Å². The van der Waals surface area contributed by atoms with Crippen molar-refractivity contribution >= 4 is 22.9 Å². The second-order valence-corrected chi connectivity index (χ2v) is 7.07. The fraction of sp³-hybridized carbons (Fsp3) is 0.438. The normalized spacial score (nSPS) is 16.0. The van der Waals surface area contributed by atoms with Gasteiger partial charge in [-0.05, 0) is 38.8 Å². The SMILES string of the molecule is COc1cccc(Cl)c1C(NC1CC1)c1nc(C)c(C)s1. The van der Waals surface area contributed by atoms with Crippen LogP contribution in [0, 0.1) is 13.8 Å². The van der Waals surface area contributed by atoms with Crippen molar-refractivity contribution in [3.05, 3.63) is 44.4 Å². The van der Waals surface area contributed by atoms with Gasteiger partial charge in [0.1, 0.15) is 10.8 Å². The van der Waals surface area contributed by atoms with Crippen LogP contribution >= 0.6 is 22.9 Å². The number of thiazole rings is 1. The van der Waals surface area contributed by atoms with Crippen molar-refractivity contribution in [2.75, 3.05) is 7.11 Å². The van der Waals surface area contributed by atoms with Crippen LogP contribution in [0.15, 0.2) is 18.2 Å². The van der Waals surface area contributed by atoms with E-state index in [1.54, 1.807) is 18.4 Å². The maximum atomic E-state index is 6.46. The highest BCUT2D eigenvalue weighted by molar-refractivity contribution is 7.11. The fourth-order valence-corrected chi connectivity index (χ4v) is 3.63. The minimum atomic E-state index is -0.00134. The van der Waals surface area contributed by atoms with Crippen LogP contribution in [0.5, 0.6) is 5.75 Å². The minimum Gasteiger partial charge on any atom is -0.496 e. The van der Waals surface area contributed by atoms with Gasteiger partial charge in [-0.25, -0.2) is 4.98 Å². The molecule has 0 bridgehead atoms. The van der Waals surface area contributed by atoms with Crippen LogP contribution < -0.4 is 10.1 Å². The fourth-order valence-electron chi connectivity index (χ4n) is 2.36. The first-order valence-electron chi connectivity index (χ1n) is 7.12. The van der Waals surface area contributed by atoms with Gasteiger partial charge in [0.05, 0.1) is 18.8 Å². The van der Waals surface area contributed by atoms with Gasteiger partial charge in [0, 0.05) is 21.5 Å². The highest BCUT2D eigenvalue weighted by atomic mass is 35.5. The molecule has 1 N–H and O–H groups in total. The van der Waals surface area contributed by atoms with E-state index in [-0.39, 0.29) is 6.04 Å². The number of aryl methyl sites for hydroxylation is 2. The van der Waals surface area contributed by atoms with Crippen molar-refractivity contribution in [2.24, 2.45) is 0 Å². The molecule has 0 aliphatic heterocycles. The molecular weight excluding hydrogens is 304 g/mol. The Kier molecular flexibility index (Phi) is 4.20. The van der Waals surface area contributed by atoms with Crippen LogP contribution in [-0.4, -0.2) is 18.1 Å². The summed E-state index contributed by atoms with van der Waals surface area (Å²) in [5, 5.41) is 5.44. The molecule has 1 unspecified atom stereocenters. The molecule has 1 aromatic carbocycles. The maximum absolute atomic E-state index is 6.46. The van der Waals surface area contributed by atoms with Crippen LogP contribution in [-0.2, 0) is 0 Å². The summed E-state index contributed by atoms with van der Waals surface area (Å²) in [4.78, 5) is 5.97. The first-order valence-corrected chi connectivity index (χ1v) is 8.32. The molecule has 1 aliphatic carbocycles. The van der Waals surface area contributed by atoms with Gasteiger partial charge in [-0.3, -0.25) is 0 Å². The Balaban J connectivity index is 2.07. The van der Waals surface area contributed by atoms with Crippen LogP contribution in [0.25, 0.3) is 0 Å². The zero-order chi connectivity index (χ0) is 15.0. The molecule has 0 saturated heterocycles. The van der Waals surface area contributed by atoms with Crippen molar-refractivity contribution in [1.82, 2.24) is 10.3 Å². The smallest absolute Gasteiger partial charge is 0.125 e. The van der Waals surface area contributed by atoms with E-state index in [4.69, 9.17) is 21.3 Å². The Morgan fingerprint density at radius 2 is 2.14 bits per heavy atom. The van der Waals surface area contributed by atoms with Gasteiger partial charge < -0.3 is 10.1 Å². The second kappa shape index (κ2) is 5.95. The van der Waals surface area contributed by atoms with Gasteiger partial charge in [-0.15, -0.1) is 11.3 Å². The number of hydrogen-bond acceptors (Lipinski definition) is 4. The number of nitrogens with zero attached hydrogens (tertiary/aromatic N) is 1. The lowest BCUT2D eigenvalue weighted by Gasteiger charge is -2.20. The Bertz CT molecular complexity index is 632. The molecule has 1 aromatic heterocycles. The zero-order valence-corrected chi connectivity index (χ0v) is 14.0. The quantitative estimate of drug-likeness (QED) is 0.893. The summed E-state index contributed by atoms with van der Waals surface area (Å²) in [6, 6.07) is 6.33. The molecule has 3 rings (SSSR count). The van der Waals surface area contributed by atoms with Gasteiger partial charge in [-0.2, -0.15) is 0 Å². The van der Waals surface area contributed by atoms with Gasteiger partial charge in [-0.1, -0.05) is 17.7 Å². The molecule has 0 spiro atoms. The number of rotatable bonds is 5. The topological polar surface area (TPSA) is 34.1 Å². The average molecular weight is 323 g/mol. The molecule has 3 nitrogen and oxygen atoms in total. The lowest BCUT2D eigenvalue weighted by atomic mass is 10.1. The van der Waals surface area contributed by atoms with Gasteiger partial charge >= 0.3 is 0 Å². The molecule has 0 amide bonds. The van der Waals surface area contributed by atoms with E-state index in [0.29, 0.717) is 6.04 Å². The number of halogens is 1. The van der Waals surface area contributed by atoms with Crippen molar-refractivity contribution in [3.63, 3.8) is 0 Å². The Morgan fingerprint density at radius 3 is 2.71 bits per heavy atom. The molecule has 1 atom stereocenters. The molecule has 1 aliphatic rings. The molecule has 5 heteroatoms. The van der Waals surface area contributed by atoms with E-state index in [1.807, 2.05) is 25.1 Å². The summed E-state index contributed by atoms with van der Waals surface area (Å²) in [5.41, 5.74) is 2.07. The summed E-state index contributed by atoms with van der Waals surface area (Å²) in [6.07, 6.45) is 2.43. The first-order chi connectivity index (χ1) is 10.1. The van der Waals surface area contributed by atoms with E-state index in [1.165, 1.54) is 17.7 Å². The maximum Gasteiger partial charge on any atom is 0.125 e. The zero-order valence-electron chi connectivity index (χ0n) is 12.4. The number of nitrogens with one attached hydrogen (secondary N) is 1. The standard InChI is InChI=1S/C16H19ClN2OS/c1-9-10(2)21-16(18-9)15(19-11-7-8-11)14-12(17)5-4-6-13(14)20-3/h4-6,11,15,19H,7-8H2,1-3H3. The van der Waals surface area contributed by atoms with Crippen molar-refractivity contribution in [2.45, 2.75) is 38.8 Å². The van der Waals surface area contributed by atoms with E-state index >= 15 is 0 Å². The third-order valence-electron chi connectivity index (χ3n) is 3.79. The summed E-state index contributed by atoms with van der Waals surface area (Å²) >= 11 is 8.19. The molecule has 21 heavy (non-hydrogen) atoms. The third kappa shape index (κ3) is 3.07. The molecule has 0 radical (unpaired) electrons. The Labute approximate surface area is 134 Å². The van der Waals surface area contributed by atoms with Crippen LogP contribution in [0.3, 0.4) is 0 Å². The third-order valence-corrected chi connectivity index (χ3v) is 5.26. The first kappa shape index (κ1) is 14.8. The van der Waals surface area contributed by atoms with Crippen LogP contribution in [0.1, 0.15) is 40.0 Å². The summed E-state index contributed by atoms with van der Waals surface area (Å²) in [5.74, 6) is 0.811. The van der Waals surface area contributed by atoms with Gasteiger partial charge in [0.15, 0.2) is 0 Å². The lowest BCUT2D eigenvalue weighted by Crippen LogP contribution is -2.25. The molecule has 1 heterocycles. The van der Waals surface area contributed by atoms with Crippen molar-refractivity contribution in [1.29, 1.82) is 0 Å². The summed E-state index contributed by atoms with van der Waals surface area (Å²) in [6.45, 7) is 4.15. The number of benzene rings is 1. The Hall–Kier alpha value is -1.10. The lowest BCUT2D eigenvalue weighted by molar-refractivity contribution is 0.403. The largest absolute Gasteiger partial charge is 0.496 e. The predicted molar refractivity (Wildman–Crippen MR) is 87.6 cm³/mol. The van der Waals surface area contributed by atoms with E-state index < -0.39 is 0 Å². The molecule has 1 fully saturated rings. The van der Waals surface area contributed by atoms with E-state index in [9.17, 15) is 0 Å². The van der Waals surface area contributed by atoms with Gasteiger partial charge in [0.25, 0.3) is 0 Å². The Morgan fingerprint density at radius 1 is 1.38 bits per heavy atom.